The Morgan fingerprint density at radius 2 is 1.95 bits per heavy atom. The number of hydrogen-bond donors (Lipinski definition) is 1. The summed E-state index contributed by atoms with van der Waals surface area (Å²) in [5, 5.41) is 3.42. The van der Waals surface area contributed by atoms with E-state index in [-0.39, 0.29) is 5.82 Å². The third kappa shape index (κ3) is 2.71. The predicted octanol–water partition coefficient (Wildman–Crippen LogP) is 4.85. The molecule has 1 atom stereocenters. The SMILES string of the molecule is CCC(N)(Cc1csc2ccccc12)c1cccc(F)c1. The van der Waals surface area contributed by atoms with E-state index >= 15 is 0 Å². The van der Waals surface area contributed by atoms with E-state index in [0.717, 1.165) is 18.4 Å². The number of hydrogen-bond acceptors (Lipinski definition) is 2. The molecule has 0 radical (unpaired) electrons. The molecule has 0 fully saturated rings. The average Bonchev–Trinajstić information content (AvgIpc) is 2.90. The molecule has 3 aromatic rings. The van der Waals surface area contributed by atoms with Gasteiger partial charge >= 0.3 is 0 Å². The number of halogens is 1. The largest absolute Gasteiger partial charge is 0.321 e. The number of rotatable bonds is 4. The summed E-state index contributed by atoms with van der Waals surface area (Å²) >= 11 is 1.73. The van der Waals surface area contributed by atoms with Crippen molar-refractivity contribution in [2.24, 2.45) is 5.73 Å². The molecule has 0 bridgehead atoms. The van der Waals surface area contributed by atoms with E-state index in [1.54, 1.807) is 23.5 Å². The first kappa shape index (κ1) is 14.2. The maximum atomic E-state index is 13.5. The smallest absolute Gasteiger partial charge is 0.123 e. The number of thiophene rings is 1. The van der Waals surface area contributed by atoms with Crippen LogP contribution in [0.1, 0.15) is 24.5 Å². The van der Waals surface area contributed by atoms with Crippen molar-refractivity contribution in [1.29, 1.82) is 0 Å². The molecular formula is C18H18FNS. The molecule has 2 aromatic carbocycles. The van der Waals surface area contributed by atoms with Gasteiger partial charge in [-0.05, 0) is 52.9 Å². The van der Waals surface area contributed by atoms with Crippen molar-refractivity contribution in [3.05, 3.63) is 70.9 Å². The third-order valence-electron chi connectivity index (χ3n) is 4.10. The molecule has 1 nitrogen and oxygen atoms in total. The summed E-state index contributed by atoms with van der Waals surface area (Å²) in [5.74, 6) is -0.231. The van der Waals surface area contributed by atoms with E-state index in [1.807, 2.05) is 18.2 Å². The maximum Gasteiger partial charge on any atom is 0.123 e. The molecule has 2 N–H and O–H groups in total. The van der Waals surface area contributed by atoms with Gasteiger partial charge in [-0.25, -0.2) is 4.39 Å². The Kier molecular flexibility index (Phi) is 3.79. The summed E-state index contributed by atoms with van der Waals surface area (Å²) in [6.45, 7) is 2.06. The van der Waals surface area contributed by atoms with E-state index in [2.05, 4.69) is 24.4 Å². The lowest BCUT2D eigenvalue weighted by Crippen LogP contribution is -2.38. The molecule has 0 saturated carbocycles. The van der Waals surface area contributed by atoms with Crippen LogP contribution in [0.4, 0.5) is 4.39 Å². The van der Waals surface area contributed by atoms with E-state index in [1.165, 1.54) is 21.7 Å². The second kappa shape index (κ2) is 5.58. The lowest BCUT2D eigenvalue weighted by molar-refractivity contribution is 0.424. The van der Waals surface area contributed by atoms with Gasteiger partial charge in [-0.15, -0.1) is 11.3 Å². The first-order chi connectivity index (χ1) is 10.1. The van der Waals surface area contributed by atoms with Gasteiger partial charge in [0.2, 0.25) is 0 Å². The highest BCUT2D eigenvalue weighted by Crippen LogP contribution is 2.33. The van der Waals surface area contributed by atoms with Crippen molar-refractivity contribution in [2.45, 2.75) is 25.3 Å². The number of benzene rings is 2. The van der Waals surface area contributed by atoms with Gasteiger partial charge in [0.25, 0.3) is 0 Å². The van der Waals surface area contributed by atoms with Crippen LogP contribution < -0.4 is 5.73 Å². The Morgan fingerprint density at radius 3 is 2.71 bits per heavy atom. The zero-order valence-electron chi connectivity index (χ0n) is 12.0. The fourth-order valence-electron chi connectivity index (χ4n) is 2.74. The molecule has 0 saturated heterocycles. The molecule has 0 aliphatic carbocycles. The summed E-state index contributed by atoms with van der Waals surface area (Å²) < 4.78 is 14.8. The van der Waals surface area contributed by atoms with Gasteiger partial charge in [-0.1, -0.05) is 37.3 Å². The van der Waals surface area contributed by atoms with Crippen LogP contribution in [0.3, 0.4) is 0 Å². The predicted molar refractivity (Wildman–Crippen MR) is 88.1 cm³/mol. The Morgan fingerprint density at radius 1 is 1.14 bits per heavy atom. The van der Waals surface area contributed by atoms with Gasteiger partial charge < -0.3 is 5.73 Å². The molecular weight excluding hydrogens is 281 g/mol. The van der Waals surface area contributed by atoms with Gasteiger partial charge in [0.15, 0.2) is 0 Å². The fraction of sp³-hybridized carbons (Fsp3) is 0.222. The monoisotopic (exact) mass is 299 g/mol. The second-order valence-electron chi connectivity index (χ2n) is 5.45. The topological polar surface area (TPSA) is 26.0 Å². The third-order valence-corrected chi connectivity index (χ3v) is 5.11. The molecule has 3 rings (SSSR count). The molecule has 21 heavy (non-hydrogen) atoms. The quantitative estimate of drug-likeness (QED) is 0.732. The van der Waals surface area contributed by atoms with Gasteiger partial charge in [0.1, 0.15) is 5.82 Å². The van der Waals surface area contributed by atoms with Crippen LogP contribution in [0.15, 0.2) is 53.9 Å². The number of fused-ring (bicyclic) bond motifs is 1. The lowest BCUT2D eigenvalue weighted by atomic mass is 9.82. The standard InChI is InChI=1S/C18H18FNS/c1-2-18(20,14-6-5-7-15(19)10-14)11-13-12-21-17-9-4-3-8-16(13)17/h3-10,12H,2,11,20H2,1H3. The molecule has 1 unspecified atom stereocenters. The van der Waals surface area contributed by atoms with Crippen molar-refractivity contribution in [3.63, 3.8) is 0 Å². The molecule has 0 aliphatic heterocycles. The minimum absolute atomic E-state index is 0.231. The van der Waals surface area contributed by atoms with Crippen molar-refractivity contribution in [3.8, 4) is 0 Å². The van der Waals surface area contributed by atoms with Gasteiger partial charge in [0, 0.05) is 10.2 Å². The van der Waals surface area contributed by atoms with Crippen LogP contribution in [0.5, 0.6) is 0 Å². The molecule has 0 amide bonds. The molecule has 0 spiro atoms. The minimum Gasteiger partial charge on any atom is -0.321 e. The van der Waals surface area contributed by atoms with Crippen LogP contribution in [-0.4, -0.2) is 0 Å². The van der Waals surface area contributed by atoms with E-state index < -0.39 is 5.54 Å². The number of nitrogens with two attached hydrogens (primary N) is 1. The van der Waals surface area contributed by atoms with Gasteiger partial charge in [-0.3, -0.25) is 0 Å². The second-order valence-corrected chi connectivity index (χ2v) is 6.37. The van der Waals surface area contributed by atoms with Crippen LogP contribution in [-0.2, 0) is 12.0 Å². The summed E-state index contributed by atoms with van der Waals surface area (Å²) in [6, 6.07) is 15.0. The highest BCUT2D eigenvalue weighted by Gasteiger charge is 2.27. The summed E-state index contributed by atoms with van der Waals surface area (Å²) in [5.41, 5.74) is 8.17. The molecule has 1 heterocycles. The van der Waals surface area contributed by atoms with Crippen molar-refractivity contribution in [1.82, 2.24) is 0 Å². The van der Waals surface area contributed by atoms with Crippen molar-refractivity contribution >= 4 is 21.4 Å². The van der Waals surface area contributed by atoms with E-state index in [4.69, 9.17) is 5.73 Å². The van der Waals surface area contributed by atoms with Crippen molar-refractivity contribution < 1.29 is 4.39 Å². The normalized spacial score (nSPS) is 14.2. The zero-order valence-corrected chi connectivity index (χ0v) is 12.8. The Hall–Kier alpha value is -1.71. The van der Waals surface area contributed by atoms with Crippen LogP contribution in [0.25, 0.3) is 10.1 Å². The summed E-state index contributed by atoms with van der Waals surface area (Å²) in [7, 11) is 0. The molecule has 3 heteroatoms. The Balaban J connectivity index is 2.00. The molecule has 108 valence electrons. The van der Waals surface area contributed by atoms with Crippen LogP contribution >= 0.6 is 11.3 Å². The van der Waals surface area contributed by atoms with Crippen LogP contribution in [0, 0.1) is 5.82 Å². The van der Waals surface area contributed by atoms with Crippen LogP contribution in [0.2, 0.25) is 0 Å². The summed E-state index contributed by atoms with van der Waals surface area (Å²) in [6.07, 6.45) is 1.48. The Bertz CT molecular complexity index is 765. The fourth-order valence-corrected chi connectivity index (χ4v) is 3.70. The highest BCUT2D eigenvalue weighted by molar-refractivity contribution is 7.17. The zero-order chi connectivity index (χ0) is 14.9. The average molecular weight is 299 g/mol. The molecule has 1 aromatic heterocycles. The van der Waals surface area contributed by atoms with Gasteiger partial charge in [-0.2, -0.15) is 0 Å². The minimum atomic E-state index is -0.536. The lowest BCUT2D eigenvalue weighted by Gasteiger charge is -2.29. The van der Waals surface area contributed by atoms with Gasteiger partial charge in [0.05, 0.1) is 0 Å². The summed E-state index contributed by atoms with van der Waals surface area (Å²) in [4.78, 5) is 0. The first-order valence-electron chi connectivity index (χ1n) is 7.12. The first-order valence-corrected chi connectivity index (χ1v) is 8.00. The van der Waals surface area contributed by atoms with Crippen molar-refractivity contribution in [2.75, 3.05) is 0 Å². The highest BCUT2D eigenvalue weighted by atomic mass is 32.1. The van der Waals surface area contributed by atoms with E-state index in [0.29, 0.717) is 0 Å². The van der Waals surface area contributed by atoms with E-state index in [9.17, 15) is 4.39 Å². The maximum absolute atomic E-state index is 13.5. The Labute approximate surface area is 128 Å². The molecule has 0 aliphatic rings.